The van der Waals surface area contributed by atoms with Crippen LogP contribution in [0.1, 0.15) is 17.7 Å². The van der Waals surface area contributed by atoms with Crippen LogP contribution >= 0.6 is 0 Å². The predicted molar refractivity (Wildman–Crippen MR) is 180 cm³/mol. The van der Waals surface area contributed by atoms with Gasteiger partial charge in [-0.2, -0.15) is 0 Å². The van der Waals surface area contributed by atoms with E-state index in [-0.39, 0.29) is 0 Å². The van der Waals surface area contributed by atoms with Gasteiger partial charge in [0.25, 0.3) is 0 Å². The molecule has 0 fully saturated rings. The summed E-state index contributed by atoms with van der Waals surface area (Å²) in [6.45, 7) is 0. The lowest BCUT2D eigenvalue weighted by Crippen LogP contribution is -2.01. The van der Waals surface area contributed by atoms with Gasteiger partial charge in [0.05, 0.1) is 22.4 Å². The molecular weight excluding hydrogens is 522 g/mol. The van der Waals surface area contributed by atoms with E-state index in [2.05, 4.69) is 126 Å². The summed E-state index contributed by atoms with van der Waals surface area (Å²) in [5, 5.41) is 7.32. The lowest BCUT2D eigenvalue weighted by Gasteiger charge is -2.17. The summed E-state index contributed by atoms with van der Waals surface area (Å²) in [6.07, 6.45) is 10.5. The summed E-state index contributed by atoms with van der Waals surface area (Å²) >= 11 is 0. The number of benzene rings is 5. The van der Waals surface area contributed by atoms with Crippen LogP contribution in [-0.2, 0) is 6.42 Å². The fraction of sp³-hybridized carbons (Fsp3) is 0.0500. The van der Waals surface area contributed by atoms with Gasteiger partial charge in [-0.25, -0.2) is 0 Å². The molecule has 3 aromatic heterocycles. The van der Waals surface area contributed by atoms with E-state index in [1.165, 1.54) is 65.9 Å². The van der Waals surface area contributed by atoms with Crippen molar-refractivity contribution < 1.29 is 0 Å². The fourth-order valence-corrected chi connectivity index (χ4v) is 7.01. The molecule has 1 aliphatic carbocycles. The van der Waals surface area contributed by atoms with E-state index in [0.29, 0.717) is 0 Å². The maximum Gasteiger partial charge on any atom is 0.0798 e. The van der Waals surface area contributed by atoms with Crippen LogP contribution in [0, 0.1) is 0 Å². The first-order valence-corrected chi connectivity index (χ1v) is 14.9. The number of fused-ring (bicyclic) bond motifs is 7. The molecule has 0 bridgehead atoms. The molecular formula is C40H27N3. The molecule has 9 rings (SSSR count). The second-order valence-corrected chi connectivity index (χ2v) is 11.3. The second-order valence-electron chi connectivity index (χ2n) is 11.3. The van der Waals surface area contributed by atoms with Crippen molar-refractivity contribution in [2.24, 2.45) is 0 Å². The van der Waals surface area contributed by atoms with Crippen molar-refractivity contribution >= 4 is 49.4 Å². The van der Waals surface area contributed by atoms with Crippen LogP contribution in [0.2, 0.25) is 0 Å². The topological polar surface area (TPSA) is 30.7 Å². The van der Waals surface area contributed by atoms with Gasteiger partial charge in [-0.1, -0.05) is 97.1 Å². The van der Waals surface area contributed by atoms with Crippen LogP contribution in [0.15, 0.2) is 134 Å². The molecule has 3 heteroatoms. The maximum absolute atomic E-state index is 4.84. The smallest absolute Gasteiger partial charge is 0.0798 e. The molecule has 8 aromatic rings. The minimum atomic E-state index is 1.02. The third kappa shape index (κ3) is 3.68. The Labute approximate surface area is 249 Å². The highest BCUT2D eigenvalue weighted by Crippen LogP contribution is 2.41. The van der Waals surface area contributed by atoms with Crippen molar-refractivity contribution in [1.82, 2.24) is 14.5 Å². The van der Waals surface area contributed by atoms with E-state index in [9.17, 15) is 0 Å². The summed E-state index contributed by atoms with van der Waals surface area (Å²) in [5.74, 6) is 0. The van der Waals surface area contributed by atoms with Gasteiger partial charge in [0.2, 0.25) is 0 Å². The molecule has 43 heavy (non-hydrogen) atoms. The van der Waals surface area contributed by atoms with E-state index < -0.39 is 0 Å². The predicted octanol–water partition coefficient (Wildman–Crippen LogP) is 10.2. The summed E-state index contributed by atoms with van der Waals surface area (Å²) in [5.41, 5.74) is 10.7. The molecule has 5 aromatic carbocycles. The van der Waals surface area contributed by atoms with Crippen LogP contribution in [0.3, 0.4) is 0 Å². The highest BCUT2D eigenvalue weighted by atomic mass is 15.0. The molecule has 0 N–H and O–H groups in total. The van der Waals surface area contributed by atoms with Crippen LogP contribution in [0.25, 0.3) is 77.5 Å². The Morgan fingerprint density at radius 3 is 2.28 bits per heavy atom. The van der Waals surface area contributed by atoms with Crippen LogP contribution in [0.4, 0.5) is 0 Å². The summed E-state index contributed by atoms with van der Waals surface area (Å²) in [4.78, 5) is 9.58. The molecule has 3 nitrogen and oxygen atoms in total. The first-order chi connectivity index (χ1) is 21.3. The maximum atomic E-state index is 4.84. The van der Waals surface area contributed by atoms with E-state index >= 15 is 0 Å². The molecule has 202 valence electrons. The molecule has 0 aliphatic heterocycles. The Morgan fingerprint density at radius 1 is 0.581 bits per heavy atom. The van der Waals surface area contributed by atoms with E-state index in [1.807, 2.05) is 18.5 Å². The number of allylic oxidation sites excluding steroid dienone is 1. The number of aryl methyl sites for hydroxylation is 1. The summed E-state index contributed by atoms with van der Waals surface area (Å²) in [7, 11) is 0. The Kier molecular flexibility index (Phi) is 5.32. The largest absolute Gasteiger partial charge is 0.309 e. The quantitative estimate of drug-likeness (QED) is 0.219. The number of pyridine rings is 2. The molecule has 0 unspecified atom stereocenters. The number of hydrogen-bond donors (Lipinski definition) is 0. The molecule has 3 heterocycles. The highest BCUT2D eigenvalue weighted by Gasteiger charge is 2.22. The van der Waals surface area contributed by atoms with Crippen LogP contribution in [0.5, 0.6) is 0 Å². The molecule has 0 spiro atoms. The zero-order chi connectivity index (χ0) is 28.3. The third-order valence-electron chi connectivity index (χ3n) is 8.97. The lowest BCUT2D eigenvalue weighted by atomic mass is 9.95. The van der Waals surface area contributed by atoms with Gasteiger partial charge in [-0.15, -0.1) is 0 Å². The Hall–Kier alpha value is -5.54. The van der Waals surface area contributed by atoms with Crippen molar-refractivity contribution in [3.05, 3.63) is 145 Å². The average Bonchev–Trinajstić information content (AvgIpc) is 3.42. The fourth-order valence-electron chi connectivity index (χ4n) is 7.01. The zero-order valence-electron chi connectivity index (χ0n) is 23.5. The SMILES string of the molecule is C1=Cc2c(c3c4ncccc4ccc3n2-c2ccc(-c3ccc(-c4nccc5ccccc45)cc3)c3ccccc23)CC1. The minimum absolute atomic E-state index is 1.02. The van der Waals surface area contributed by atoms with Gasteiger partial charge in [0.15, 0.2) is 0 Å². The molecule has 1 aliphatic rings. The van der Waals surface area contributed by atoms with E-state index in [1.54, 1.807) is 0 Å². The number of rotatable bonds is 3. The number of nitrogens with zero attached hydrogens (tertiary/aromatic N) is 3. The lowest BCUT2D eigenvalue weighted by molar-refractivity contribution is 0.970. The summed E-state index contributed by atoms with van der Waals surface area (Å²) < 4.78 is 2.45. The average molecular weight is 550 g/mol. The standard InChI is InChI=1S/C40H27N3/c1-2-10-31-26(8-1)23-25-42-39(31)29-17-15-27(16-18-29)30-20-22-36(33-12-4-3-11-32(30)33)43-35-14-6-5-13-34(35)38-37(43)21-19-28-9-7-24-41-40(28)38/h1-4,6-12,14-25H,5,13H2. The van der Waals surface area contributed by atoms with Crippen LogP contribution in [-0.4, -0.2) is 14.5 Å². The number of hydrogen-bond acceptors (Lipinski definition) is 2. The first kappa shape index (κ1) is 24.1. The van der Waals surface area contributed by atoms with Gasteiger partial charge in [0.1, 0.15) is 0 Å². The van der Waals surface area contributed by atoms with Crippen molar-refractivity contribution in [1.29, 1.82) is 0 Å². The second kappa shape index (κ2) is 9.50. The normalized spacial score (nSPS) is 12.8. The van der Waals surface area contributed by atoms with E-state index in [4.69, 9.17) is 9.97 Å². The van der Waals surface area contributed by atoms with Gasteiger partial charge < -0.3 is 4.57 Å². The first-order valence-electron chi connectivity index (χ1n) is 14.9. The summed E-state index contributed by atoms with van der Waals surface area (Å²) in [6, 6.07) is 41.4. The molecule has 0 radical (unpaired) electrons. The number of aromatic nitrogens is 3. The molecule has 0 saturated carbocycles. The van der Waals surface area contributed by atoms with Crippen LogP contribution < -0.4 is 0 Å². The monoisotopic (exact) mass is 549 g/mol. The van der Waals surface area contributed by atoms with Gasteiger partial charge in [0, 0.05) is 45.2 Å². The van der Waals surface area contributed by atoms with Crippen molar-refractivity contribution in [3.8, 4) is 28.1 Å². The van der Waals surface area contributed by atoms with E-state index in [0.717, 1.165) is 29.6 Å². The Bertz CT molecular complexity index is 2390. The van der Waals surface area contributed by atoms with Gasteiger partial charge >= 0.3 is 0 Å². The highest BCUT2D eigenvalue weighted by molar-refractivity contribution is 6.10. The van der Waals surface area contributed by atoms with Gasteiger partial charge in [-0.05, 0) is 70.6 Å². The molecule has 0 atom stereocenters. The zero-order valence-corrected chi connectivity index (χ0v) is 23.5. The van der Waals surface area contributed by atoms with Crippen molar-refractivity contribution in [2.45, 2.75) is 12.8 Å². The van der Waals surface area contributed by atoms with Crippen molar-refractivity contribution in [2.75, 3.05) is 0 Å². The molecule has 0 saturated heterocycles. The Morgan fingerprint density at radius 2 is 1.37 bits per heavy atom. The van der Waals surface area contributed by atoms with Crippen molar-refractivity contribution in [3.63, 3.8) is 0 Å². The van der Waals surface area contributed by atoms with Gasteiger partial charge in [-0.3, -0.25) is 9.97 Å². The third-order valence-corrected chi connectivity index (χ3v) is 8.97. The molecule has 0 amide bonds. The Balaban J connectivity index is 1.22. The minimum Gasteiger partial charge on any atom is -0.309 e.